The van der Waals surface area contributed by atoms with Crippen molar-refractivity contribution in [3.63, 3.8) is 0 Å². The van der Waals surface area contributed by atoms with Crippen LogP contribution in [-0.2, 0) is 13.5 Å². The SMILES string of the molecule is CCC.CCC(CN)Nc1ncc2cc(Cc3ccc(F)cc3F)c(=O)n(C)c2n1. The maximum absolute atomic E-state index is 13.9. The average Bonchev–Trinajstić information content (AvgIpc) is 2.72. The van der Waals surface area contributed by atoms with Crippen LogP contribution in [0.15, 0.2) is 35.3 Å². The first-order valence-corrected chi connectivity index (χ1v) is 10.1. The summed E-state index contributed by atoms with van der Waals surface area (Å²) in [5.41, 5.74) is 6.49. The molecule has 3 N–H and O–H groups in total. The van der Waals surface area contributed by atoms with Crippen molar-refractivity contribution in [3.05, 3.63) is 63.6 Å². The number of halogens is 2. The largest absolute Gasteiger partial charge is 0.350 e. The zero-order chi connectivity index (χ0) is 22.3. The Labute approximate surface area is 175 Å². The van der Waals surface area contributed by atoms with Crippen LogP contribution in [0.3, 0.4) is 0 Å². The molecule has 0 saturated heterocycles. The van der Waals surface area contributed by atoms with E-state index in [9.17, 15) is 13.6 Å². The highest BCUT2D eigenvalue weighted by atomic mass is 19.1. The molecule has 8 heteroatoms. The van der Waals surface area contributed by atoms with Crippen molar-refractivity contribution in [3.8, 4) is 0 Å². The Morgan fingerprint density at radius 1 is 1.17 bits per heavy atom. The van der Waals surface area contributed by atoms with Gasteiger partial charge in [0, 0.05) is 49.3 Å². The Morgan fingerprint density at radius 3 is 2.47 bits per heavy atom. The lowest BCUT2D eigenvalue weighted by Gasteiger charge is -2.15. The predicted octanol–water partition coefficient (Wildman–Crippen LogP) is 3.76. The summed E-state index contributed by atoms with van der Waals surface area (Å²) in [6, 6.07) is 5.01. The van der Waals surface area contributed by atoms with E-state index in [0.717, 1.165) is 12.5 Å². The molecule has 0 radical (unpaired) electrons. The molecule has 2 heterocycles. The van der Waals surface area contributed by atoms with Crippen LogP contribution in [0.4, 0.5) is 14.7 Å². The molecule has 3 aromatic rings. The second kappa shape index (κ2) is 10.8. The summed E-state index contributed by atoms with van der Waals surface area (Å²) in [4.78, 5) is 21.4. The van der Waals surface area contributed by atoms with Crippen molar-refractivity contribution in [1.29, 1.82) is 0 Å². The van der Waals surface area contributed by atoms with Gasteiger partial charge in [0.1, 0.15) is 17.3 Å². The highest BCUT2D eigenvalue weighted by Crippen LogP contribution is 2.17. The van der Waals surface area contributed by atoms with Crippen LogP contribution in [0.1, 0.15) is 44.7 Å². The molecule has 1 unspecified atom stereocenters. The van der Waals surface area contributed by atoms with Crippen LogP contribution in [0.2, 0.25) is 0 Å². The van der Waals surface area contributed by atoms with E-state index in [2.05, 4.69) is 29.1 Å². The molecule has 3 rings (SSSR count). The summed E-state index contributed by atoms with van der Waals surface area (Å²) in [6.45, 7) is 6.70. The second-order valence-corrected chi connectivity index (χ2v) is 7.11. The molecular formula is C22H29F2N5O. The van der Waals surface area contributed by atoms with Crippen molar-refractivity contribution in [1.82, 2.24) is 14.5 Å². The van der Waals surface area contributed by atoms with Gasteiger partial charge in [-0.05, 0) is 24.1 Å². The number of anilines is 1. The summed E-state index contributed by atoms with van der Waals surface area (Å²) >= 11 is 0. The topological polar surface area (TPSA) is 85.8 Å². The lowest BCUT2D eigenvalue weighted by atomic mass is 10.0. The Bertz CT molecular complexity index is 1050. The first-order chi connectivity index (χ1) is 14.3. The fraction of sp³-hybridized carbons (Fsp3) is 0.409. The van der Waals surface area contributed by atoms with Gasteiger partial charge in [0.15, 0.2) is 0 Å². The minimum absolute atomic E-state index is 0.0419. The fourth-order valence-corrected chi connectivity index (χ4v) is 2.89. The minimum Gasteiger partial charge on any atom is -0.350 e. The maximum Gasteiger partial charge on any atom is 0.255 e. The quantitative estimate of drug-likeness (QED) is 0.638. The zero-order valence-electron chi connectivity index (χ0n) is 17.9. The smallest absolute Gasteiger partial charge is 0.255 e. The number of hydrogen-bond acceptors (Lipinski definition) is 5. The van der Waals surface area contributed by atoms with Gasteiger partial charge >= 0.3 is 0 Å². The summed E-state index contributed by atoms with van der Waals surface area (Å²) in [6.07, 6.45) is 3.73. The van der Waals surface area contributed by atoms with Crippen molar-refractivity contribution in [2.75, 3.05) is 11.9 Å². The number of aryl methyl sites for hydroxylation is 1. The molecular weight excluding hydrogens is 388 g/mol. The summed E-state index contributed by atoms with van der Waals surface area (Å²) in [5, 5.41) is 3.79. The van der Waals surface area contributed by atoms with Gasteiger partial charge in [0.2, 0.25) is 5.95 Å². The number of pyridine rings is 1. The van der Waals surface area contributed by atoms with Crippen LogP contribution in [0, 0.1) is 11.6 Å². The van der Waals surface area contributed by atoms with Crippen LogP contribution >= 0.6 is 0 Å². The highest BCUT2D eigenvalue weighted by molar-refractivity contribution is 5.76. The molecule has 1 atom stereocenters. The number of fused-ring (bicyclic) bond motifs is 1. The van der Waals surface area contributed by atoms with E-state index in [1.54, 1.807) is 19.3 Å². The second-order valence-electron chi connectivity index (χ2n) is 7.11. The van der Waals surface area contributed by atoms with E-state index >= 15 is 0 Å². The van der Waals surface area contributed by atoms with Crippen molar-refractivity contribution in [2.24, 2.45) is 12.8 Å². The van der Waals surface area contributed by atoms with Gasteiger partial charge in [-0.25, -0.2) is 13.8 Å². The van der Waals surface area contributed by atoms with Crippen LogP contribution in [-0.4, -0.2) is 27.1 Å². The van der Waals surface area contributed by atoms with Crippen LogP contribution < -0.4 is 16.6 Å². The Balaban J connectivity index is 0.00000101. The molecule has 0 amide bonds. The van der Waals surface area contributed by atoms with E-state index in [1.165, 1.54) is 23.1 Å². The van der Waals surface area contributed by atoms with Crippen molar-refractivity contribution >= 4 is 17.0 Å². The molecule has 0 aliphatic heterocycles. The Kier molecular flexibility index (Phi) is 8.41. The number of nitrogens with zero attached hydrogens (tertiary/aromatic N) is 3. The minimum atomic E-state index is -0.680. The van der Waals surface area contributed by atoms with Gasteiger partial charge < -0.3 is 11.1 Å². The third-order valence-corrected chi connectivity index (χ3v) is 4.53. The number of nitrogens with two attached hydrogens (primary N) is 1. The number of hydrogen-bond donors (Lipinski definition) is 2. The monoisotopic (exact) mass is 417 g/mol. The first kappa shape index (κ1) is 23.4. The molecule has 0 fully saturated rings. The zero-order valence-corrected chi connectivity index (χ0v) is 17.9. The molecule has 0 spiro atoms. The Hall–Kier alpha value is -2.87. The first-order valence-electron chi connectivity index (χ1n) is 10.1. The van der Waals surface area contributed by atoms with Gasteiger partial charge in [0.25, 0.3) is 5.56 Å². The van der Waals surface area contributed by atoms with Crippen LogP contribution in [0.25, 0.3) is 11.0 Å². The summed E-state index contributed by atoms with van der Waals surface area (Å²) < 4.78 is 28.4. The van der Waals surface area contributed by atoms with E-state index in [4.69, 9.17) is 5.73 Å². The van der Waals surface area contributed by atoms with Gasteiger partial charge in [-0.15, -0.1) is 0 Å². The lowest BCUT2D eigenvalue weighted by Crippen LogP contribution is -2.29. The molecule has 2 aromatic heterocycles. The third kappa shape index (κ3) is 5.60. The standard InChI is InChI=1S/C19H21F2N5O.C3H8/c1-3-15(9-22)24-19-23-10-13-7-12(18(27)26(2)17(13)25-19)6-11-4-5-14(20)8-16(11)21;1-3-2/h4-5,7-8,10,15H,3,6,9,22H2,1-2H3,(H,23,24,25);3H2,1-2H3. The molecule has 1 aromatic carbocycles. The number of aromatic nitrogens is 3. The molecule has 0 bridgehead atoms. The third-order valence-electron chi connectivity index (χ3n) is 4.53. The molecule has 6 nitrogen and oxygen atoms in total. The molecule has 0 saturated carbocycles. The number of rotatable bonds is 6. The van der Waals surface area contributed by atoms with E-state index in [0.29, 0.717) is 29.1 Å². The van der Waals surface area contributed by atoms with Crippen molar-refractivity contribution < 1.29 is 8.78 Å². The lowest BCUT2D eigenvalue weighted by molar-refractivity contribution is 0.574. The normalized spacial score (nSPS) is 11.7. The van der Waals surface area contributed by atoms with Crippen LogP contribution in [0.5, 0.6) is 0 Å². The van der Waals surface area contributed by atoms with E-state index < -0.39 is 11.6 Å². The molecule has 0 aliphatic rings. The fourth-order valence-electron chi connectivity index (χ4n) is 2.89. The van der Waals surface area contributed by atoms with E-state index in [-0.39, 0.29) is 23.6 Å². The molecule has 162 valence electrons. The van der Waals surface area contributed by atoms with Gasteiger partial charge in [-0.1, -0.05) is 33.3 Å². The van der Waals surface area contributed by atoms with Gasteiger partial charge in [-0.3, -0.25) is 9.36 Å². The van der Waals surface area contributed by atoms with E-state index in [1.807, 2.05) is 6.92 Å². The van der Waals surface area contributed by atoms with Gasteiger partial charge in [0.05, 0.1) is 0 Å². The van der Waals surface area contributed by atoms with Gasteiger partial charge in [-0.2, -0.15) is 4.98 Å². The molecule has 0 aliphatic carbocycles. The summed E-state index contributed by atoms with van der Waals surface area (Å²) in [5.74, 6) is -0.938. The molecule has 30 heavy (non-hydrogen) atoms. The average molecular weight is 418 g/mol. The summed E-state index contributed by atoms with van der Waals surface area (Å²) in [7, 11) is 1.60. The maximum atomic E-state index is 13.9. The highest BCUT2D eigenvalue weighted by Gasteiger charge is 2.13. The number of benzene rings is 1. The predicted molar refractivity (Wildman–Crippen MR) is 117 cm³/mol. The number of nitrogens with one attached hydrogen (secondary N) is 1. The Morgan fingerprint density at radius 2 is 1.87 bits per heavy atom. The van der Waals surface area contributed by atoms with Crippen molar-refractivity contribution in [2.45, 2.75) is 46.1 Å².